The van der Waals surface area contributed by atoms with E-state index in [0.717, 1.165) is 0 Å². The number of halogens is 1. The maximum absolute atomic E-state index is 13.2. The van der Waals surface area contributed by atoms with E-state index in [1.165, 1.54) is 77.7 Å². The van der Waals surface area contributed by atoms with Crippen molar-refractivity contribution in [3.05, 3.63) is 110 Å². The number of hydrogen-bond donors (Lipinski definition) is 1. The van der Waals surface area contributed by atoms with Crippen molar-refractivity contribution in [2.24, 2.45) is 0 Å². The molecule has 182 valence electrons. The van der Waals surface area contributed by atoms with Crippen LogP contribution in [0.5, 0.6) is 0 Å². The zero-order chi connectivity index (χ0) is 26.0. The molecule has 1 fully saturated rings. The average molecular weight is 507 g/mol. The van der Waals surface area contributed by atoms with E-state index in [1.807, 2.05) is 0 Å². The lowest BCUT2D eigenvalue weighted by atomic mass is 9.95. The summed E-state index contributed by atoms with van der Waals surface area (Å²) in [4.78, 5) is 50.1. The lowest BCUT2D eigenvalue weighted by Gasteiger charge is -2.25. The molecular weight excluding hydrogens is 488 g/mol. The molecule has 10 heteroatoms. The summed E-state index contributed by atoms with van der Waals surface area (Å²) in [5, 5.41) is 22.6. The number of hydrogen-bond acceptors (Lipinski definition) is 7. The van der Waals surface area contributed by atoms with E-state index in [9.17, 15) is 29.6 Å². The zero-order valence-electron chi connectivity index (χ0n) is 18.9. The van der Waals surface area contributed by atoms with Crippen molar-refractivity contribution < 1.29 is 29.2 Å². The number of nitrogens with zero attached hydrogens (tertiary/aromatic N) is 2. The molecule has 1 heterocycles. The molecule has 1 saturated heterocycles. The number of anilines is 1. The van der Waals surface area contributed by atoms with Crippen LogP contribution in [0.1, 0.15) is 34.5 Å². The number of nitro benzene ring substituents is 1. The average Bonchev–Trinajstić information content (AvgIpc) is 3.14. The lowest BCUT2D eigenvalue weighted by Crippen LogP contribution is -2.29. The maximum Gasteiger partial charge on any atom is 0.338 e. The van der Waals surface area contributed by atoms with Gasteiger partial charge in [0.15, 0.2) is 0 Å². The number of ketones is 1. The summed E-state index contributed by atoms with van der Waals surface area (Å²) in [5.74, 6) is -2.79. The molecule has 36 heavy (non-hydrogen) atoms. The minimum absolute atomic E-state index is 0.174. The first-order valence-electron chi connectivity index (χ1n) is 10.8. The van der Waals surface area contributed by atoms with Crippen LogP contribution >= 0.6 is 11.6 Å². The van der Waals surface area contributed by atoms with Crippen LogP contribution in [0.3, 0.4) is 0 Å². The number of esters is 1. The van der Waals surface area contributed by atoms with E-state index in [-0.39, 0.29) is 34.7 Å². The van der Waals surface area contributed by atoms with Crippen molar-refractivity contribution in [2.75, 3.05) is 11.5 Å². The van der Waals surface area contributed by atoms with Gasteiger partial charge in [-0.2, -0.15) is 0 Å². The molecule has 4 rings (SSSR count). The van der Waals surface area contributed by atoms with Crippen LogP contribution in [0.2, 0.25) is 5.02 Å². The third kappa shape index (κ3) is 4.56. The molecule has 1 atom stereocenters. The number of Topliss-reactive ketones (excluding diaryl/α,β-unsaturated/α-hetero) is 1. The first kappa shape index (κ1) is 24.6. The smallest absolute Gasteiger partial charge is 0.338 e. The molecule has 3 aromatic rings. The van der Waals surface area contributed by atoms with Gasteiger partial charge in [0.1, 0.15) is 5.76 Å². The topological polar surface area (TPSA) is 127 Å². The van der Waals surface area contributed by atoms with E-state index in [1.54, 1.807) is 6.92 Å². The summed E-state index contributed by atoms with van der Waals surface area (Å²) in [7, 11) is 0. The molecule has 9 nitrogen and oxygen atoms in total. The van der Waals surface area contributed by atoms with Crippen LogP contribution in [0.4, 0.5) is 11.4 Å². The largest absolute Gasteiger partial charge is 0.507 e. The molecular formula is C26H19ClN2O7. The summed E-state index contributed by atoms with van der Waals surface area (Å²) < 4.78 is 4.98. The highest BCUT2D eigenvalue weighted by atomic mass is 35.5. The number of carbonyl (C=O) groups excluding carboxylic acids is 3. The van der Waals surface area contributed by atoms with Gasteiger partial charge in [0.2, 0.25) is 0 Å². The highest BCUT2D eigenvalue weighted by Crippen LogP contribution is 2.42. The molecule has 0 radical (unpaired) electrons. The number of aliphatic hydroxyl groups excluding tert-OH is 1. The van der Waals surface area contributed by atoms with E-state index >= 15 is 0 Å². The monoisotopic (exact) mass is 506 g/mol. The van der Waals surface area contributed by atoms with Gasteiger partial charge in [-0.05, 0) is 73.2 Å². The molecule has 1 unspecified atom stereocenters. The fourth-order valence-electron chi connectivity index (χ4n) is 3.93. The second-order valence-electron chi connectivity index (χ2n) is 7.79. The Morgan fingerprint density at radius 1 is 1.00 bits per heavy atom. The number of rotatable bonds is 6. The van der Waals surface area contributed by atoms with Gasteiger partial charge in [-0.25, -0.2) is 4.79 Å². The quantitative estimate of drug-likeness (QED) is 0.124. The normalized spacial score (nSPS) is 16.7. The predicted octanol–water partition coefficient (Wildman–Crippen LogP) is 5.05. The van der Waals surface area contributed by atoms with Crippen LogP contribution in [0.15, 0.2) is 78.4 Å². The van der Waals surface area contributed by atoms with E-state index in [2.05, 4.69) is 0 Å². The number of aliphatic hydroxyl groups is 1. The minimum Gasteiger partial charge on any atom is -0.507 e. The zero-order valence-corrected chi connectivity index (χ0v) is 19.6. The Morgan fingerprint density at radius 2 is 1.58 bits per heavy atom. The fraction of sp³-hybridized carbons (Fsp3) is 0.115. The third-order valence-corrected chi connectivity index (χ3v) is 5.89. The molecule has 1 aliphatic heterocycles. The van der Waals surface area contributed by atoms with Gasteiger partial charge < -0.3 is 9.84 Å². The van der Waals surface area contributed by atoms with E-state index in [4.69, 9.17) is 16.3 Å². The standard InChI is InChI=1S/C26H19ClN2O7/c1-2-36-26(33)17-7-11-19(12-8-17)28-22(15-5-13-20(14-6-15)29(34)35)21(24(31)25(28)32)23(30)16-3-9-18(27)10-4-16/h3-14,22,30H,2H2,1H3/b23-21-. The first-order chi connectivity index (χ1) is 17.2. The lowest BCUT2D eigenvalue weighted by molar-refractivity contribution is -0.384. The molecule has 1 aliphatic rings. The van der Waals surface area contributed by atoms with Crippen LogP contribution in [0, 0.1) is 10.1 Å². The van der Waals surface area contributed by atoms with Crippen molar-refractivity contribution >= 4 is 46.4 Å². The Labute approximate surface area is 210 Å². The van der Waals surface area contributed by atoms with Crippen molar-refractivity contribution in [3.63, 3.8) is 0 Å². The molecule has 1 amide bonds. The summed E-state index contributed by atoms with van der Waals surface area (Å²) in [5.41, 5.74) is 0.804. The van der Waals surface area contributed by atoms with Gasteiger partial charge in [0, 0.05) is 28.4 Å². The number of ether oxygens (including phenoxy) is 1. The second kappa shape index (κ2) is 10.0. The van der Waals surface area contributed by atoms with Gasteiger partial charge in [-0.15, -0.1) is 0 Å². The summed E-state index contributed by atoms with van der Waals surface area (Å²) in [6.07, 6.45) is 0. The fourth-order valence-corrected chi connectivity index (χ4v) is 4.05. The number of amides is 1. The Hall–Kier alpha value is -4.50. The van der Waals surface area contributed by atoms with Crippen LogP contribution in [-0.2, 0) is 14.3 Å². The molecule has 0 aliphatic carbocycles. The minimum atomic E-state index is -1.09. The number of non-ortho nitro benzene ring substituents is 1. The van der Waals surface area contributed by atoms with Gasteiger partial charge in [0.25, 0.3) is 17.4 Å². The van der Waals surface area contributed by atoms with Crippen molar-refractivity contribution in [1.29, 1.82) is 0 Å². The molecule has 0 spiro atoms. The predicted molar refractivity (Wildman–Crippen MR) is 132 cm³/mol. The van der Waals surface area contributed by atoms with Crippen molar-refractivity contribution in [2.45, 2.75) is 13.0 Å². The second-order valence-corrected chi connectivity index (χ2v) is 8.23. The molecule has 0 bridgehead atoms. The third-order valence-electron chi connectivity index (χ3n) is 5.64. The number of benzene rings is 3. The van der Waals surface area contributed by atoms with Crippen molar-refractivity contribution in [1.82, 2.24) is 0 Å². The van der Waals surface area contributed by atoms with Crippen LogP contribution in [-0.4, -0.2) is 34.3 Å². The molecule has 1 N–H and O–H groups in total. The van der Waals surface area contributed by atoms with Crippen LogP contribution < -0.4 is 4.90 Å². The molecule has 0 saturated carbocycles. The summed E-state index contributed by atoms with van der Waals surface area (Å²) >= 11 is 5.94. The Kier molecular flexibility index (Phi) is 6.84. The van der Waals surface area contributed by atoms with Gasteiger partial charge in [-0.1, -0.05) is 11.6 Å². The van der Waals surface area contributed by atoms with Gasteiger partial charge in [0.05, 0.1) is 28.7 Å². The maximum atomic E-state index is 13.2. The SMILES string of the molecule is CCOC(=O)c1ccc(N2C(=O)C(=O)/C(=C(\O)c3ccc(Cl)cc3)C2c2ccc([N+](=O)[O-])cc2)cc1. The highest BCUT2D eigenvalue weighted by Gasteiger charge is 2.47. The number of nitro groups is 1. The highest BCUT2D eigenvalue weighted by molar-refractivity contribution is 6.51. The summed E-state index contributed by atoms with van der Waals surface area (Å²) in [6, 6.07) is 16.2. The Balaban J connectivity index is 1.86. The first-order valence-corrected chi connectivity index (χ1v) is 11.2. The van der Waals surface area contributed by atoms with Crippen LogP contribution in [0.25, 0.3) is 5.76 Å². The molecule has 3 aromatic carbocycles. The summed E-state index contributed by atoms with van der Waals surface area (Å²) in [6.45, 7) is 1.87. The Bertz CT molecular complexity index is 1380. The number of carbonyl (C=O) groups is 3. The van der Waals surface area contributed by atoms with E-state index in [0.29, 0.717) is 10.6 Å². The van der Waals surface area contributed by atoms with Crippen molar-refractivity contribution in [3.8, 4) is 0 Å². The van der Waals surface area contributed by atoms with Gasteiger partial charge >= 0.3 is 5.97 Å². The molecule has 0 aromatic heterocycles. The van der Waals surface area contributed by atoms with E-state index < -0.39 is 34.4 Å². The van der Waals surface area contributed by atoms with Gasteiger partial charge in [-0.3, -0.25) is 24.6 Å². The Morgan fingerprint density at radius 3 is 2.14 bits per heavy atom.